The van der Waals surface area contributed by atoms with Crippen molar-refractivity contribution in [2.24, 2.45) is 5.73 Å². The van der Waals surface area contributed by atoms with Crippen molar-refractivity contribution in [1.82, 2.24) is 5.32 Å². The maximum absolute atomic E-state index is 12.7. The van der Waals surface area contributed by atoms with Gasteiger partial charge < -0.3 is 11.1 Å². The van der Waals surface area contributed by atoms with Crippen LogP contribution in [0.1, 0.15) is 29.8 Å². The van der Waals surface area contributed by atoms with Crippen LogP contribution in [-0.4, -0.2) is 18.0 Å². The van der Waals surface area contributed by atoms with Gasteiger partial charge in [-0.1, -0.05) is 12.1 Å². The second-order valence-electron chi connectivity index (χ2n) is 4.71. The smallest absolute Gasteiger partial charge is 0.350 e. The van der Waals surface area contributed by atoms with E-state index in [0.717, 1.165) is 12.1 Å². The minimum absolute atomic E-state index is 0. The Morgan fingerprint density at radius 3 is 2.26 bits per heavy atom. The third kappa shape index (κ3) is 5.48. The molecule has 0 aromatic heterocycles. The Kier molecular flexibility index (Phi) is 5.83. The summed E-state index contributed by atoms with van der Waals surface area (Å²) in [6, 6.07) is 4.65. The number of nitrogens with one attached hydrogen (secondary N) is 1. The number of halogens is 4. The summed E-state index contributed by atoms with van der Waals surface area (Å²) in [4.78, 5) is 11.7. The van der Waals surface area contributed by atoms with Crippen LogP contribution in [0.15, 0.2) is 24.3 Å². The first kappa shape index (κ1) is 17.7. The van der Waals surface area contributed by atoms with Gasteiger partial charge in [0, 0.05) is 12.1 Å². The van der Waals surface area contributed by atoms with E-state index in [0.29, 0.717) is 0 Å². The molecule has 3 nitrogen and oxygen atoms in total. The van der Waals surface area contributed by atoms with Gasteiger partial charge in [-0.05, 0) is 26.0 Å². The van der Waals surface area contributed by atoms with E-state index in [2.05, 4.69) is 5.32 Å². The first-order valence-electron chi connectivity index (χ1n) is 5.34. The molecule has 0 aliphatic heterocycles. The highest BCUT2D eigenvalue weighted by Gasteiger charge is 2.34. The van der Waals surface area contributed by atoms with Gasteiger partial charge in [0.05, 0.1) is 11.1 Å². The fourth-order valence-electron chi connectivity index (χ4n) is 1.33. The Hall–Kier alpha value is -1.27. The molecule has 0 atom stereocenters. The van der Waals surface area contributed by atoms with Crippen molar-refractivity contribution in [2.45, 2.75) is 25.6 Å². The maximum atomic E-state index is 12.7. The largest absolute Gasteiger partial charge is 0.417 e. The SMILES string of the molecule is CC(C)(N)CNC(=O)c1ccccc1C(F)(F)F.Cl. The van der Waals surface area contributed by atoms with Crippen LogP contribution in [-0.2, 0) is 6.18 Å². The lowest BCUT2D eigenvalue weighted by Gasteiger charge is -2.19. The summed E-state index contributed by atoms with van der Waals surface area (Å²) < 4.78 is 38.0. The van der Waals surface area contributed by atoms with E-state index in [-0.39, 0.29) is 19.0 Å². The third-order valence-corrected chi connectivity index (χ3v) is 2.18. The molecule has 1 rings (SSSR count). The van der Waals surface area contributed by atoms with Crippen molar-refractivity contribution in [2.75, 3.05) is 6.54 Å². The Bertz CT molecular complexity index is 441. The summed E-state index contributed by atoms with van der Waals surface area (Å²) in [7, 11) is 0. The highest BCUT2D eigenvalue weighted by atomic mass is 35.5. The fraction of sp³-hybridized carbons (Fsp3) is 0.417. The predicted molar refractivity (Wildman–Crippen MR) is 69.3 cm³/mol. The van der Waals surface area contributed by atoms with Crippen molar-refractivity contribution in [1.29, 1.82) is 0 Å². The number of carbonyl (C=O) groups excluding carboxylic acids is 1. The normalized spacial score (nSPS) is 11.7. The van der Waals surface area contributed by atoms with Crippen molar-refractivity contribution >= 4 is 18.3 Å². The second-order valence-corrected chi connectivity index (χ2v) is 4.71. The number of hydrogen-bond donors (Lipinski definition) is 2. The molecule has 3 N–H and O–H groups in total. The van der Waals surface area contributed by atoms with E-state index in [4.69, 9.17) is 5.73 Å². The van der Waals surface area contributed by atoms with Gasteiger partial charge in [0.1, 0.15) is 0 Å². The lowest BCUT2D eigenvalue weighted by atomic mass is 10.0. The fourth-order valence-corrected chi connectivity index (χ4v) is 1.33. The van der Waals surface area contributed by atoms with E-state index >= 15 is 0 Å². The van der Waals surface area contributed by atoms with Crippen molar-refractivity contribution in [3.8, 4) is 0 Å². The molecule has 1 aromatic carbocycles. The van der Waals surface area contributed by atoms with Crippen LogP contribution < -0.4 is 11.1 Å². The summed E-state index contributed by atoms with van der Waals surface area (Å²) in [5, 5.41) is 2.39. The van der Waals surface area contributed by atoms with Gasteiger partial charge >= 0.3 is 6.18 Å². The molecule has 0 saturated carbocycles. The minimum Gasteiger partial charge on any atom is -0.350 e. The zero-order chi connectivity index (χ0) is 14.0. The Morgan fingerprint density at radius 1 is 1.26 bits per heavy atom. The van der Waals surface area contributed by atoms with Gasteiger partial charge in [-0.15, -0.1) is 12.4 Å². The lowest BCUT2D eigenvalue weighted by Crippen LogP contribution is -2.45. The van der Waals surface area contributed by atoms with Crippen LogP contribution in [0, 0.1) is 0 Å². The zero-order valence-electron chi connectivity index (χ0n) is 10.5. The van der Waals surface area contributed by atoms with Crippen LogP contribution in [0.4, 0.5) is 13.2 Å². The van der Waals surface area contributed by atoms with Crippen LogP contribution in [0.3, 0.4) is 0 Å². The van der Waals surface area contributed by atoms with E-state index in [1.165, 1.54) is 12.1 Å². The highest BCUT2D eigenvalue weighted by molar-refractivity contribution is 5.95. The van der Waals surface area contributed by atoms with Crippen LogP contribution in [0.25, 0.3) is 0 Å². The van der Waals surface area contributed by atoms with Gasteiger partial charge in [0.15, 0.2) is 0 Å². The van der Waals surface area contributed by atoms with Gasteiger partial charge in [0.2, 0.25) is 0 Å². The number of amides is 1. The van der Waals surface area contributed by atoms with Gasteiger partial charge in [-0.25, -0.2) is 0 Å². The monoisotopic (exact) mass is 296 g/mol. The molecule has 0 heterocycles. The van der Waals surface area contributed by atoms with Crippen molar-refractivity contribution in [3.05, 3.63) is 35.4 Å². The van der Waals surface area contributed by atoms with Gasteiger partial charge in [0.25, 0.3) is 5.91 Å². The zero-order valence-corrected chi connectivity index (χ0v) is 11.4. The number of hydrogen-bond acceptors (Lipinski definition) is 2. The molecule has 1 amide bonds. The third-order valence-electron chi connectivity index (χ3n) is 2.18. The molecule has 0 aliphatic rings. The molecule has 0 bridgehead atoms. The van der Waals surface area contributed by atoms with E-state index in [9.17, 15) is 18.0 Å². The van der Waals surface area contributed by atoms with E-state index < -0.39 is 28.7 Å². The van der Waals surface area contributed by atoms with Crippen LogP contribution in [0.5, 0.6) is 0 Å². The van der Waals surface area contributed by atoms with Crippen LogP contribution >= 0.6 is 12.4 Å². The Labute approximate surface area is 115 Å². The lowest BCUT2D eigenvalue weighted by molar-refractivity contribution is -0.137. The first-order valence-corrected chi connectivity index (χ1v) is 5.34. The summed E-state index contributed by atoms with van der Waals surface area (Å²) >= 11 is 0. The molecule has 0 aliphatic carbocycles. The Balaban J connectivity index is 0.00000324. The van der Waals surface area contributed by atoms with Gasteiger partial charge in [-0.3, -0.25) is 4.79 Å². The summed E-state index contributed by atoms with van der Waals surface area (Å²) in [5.74, 6) is -0.776. The molecule has 108 valence electrons. The molecule has 0 radical (unpaired) electrons. The molecular weight excluding hydrogens is 281 g/mol. The quantitative estimate of drug-likeness (QED) is 0.901. The summed E-state index contributed by atoms with van der Waals surface area (Å²) in [6.45, 7) is 3.43. The number of benzene rings is 1. The molecule has 0 spiro atoms. The molecule has 0 unspecified atom stereocenters. The number of alkyl halides is 3. The molecule has 7 heteroatoms. The Morgan fingerprint density at radius 2 is 1.79 bits per heavy atom. The minimum atomic E-state index is -4.55. The molecule has 1 aromatic rings. The average molecular weight is 297 g/mol. The average Bonchev–Trinajstić information content (AvgIpc) is 2.24. The molecular formula is C12H16ClF3N2O. The summed E-state index contributed by atoms with van der Waals surface area (Å²) in [5.41, 5.74) is 3.63. The molecule has 0 saturated heterocycles. The second kappa shape index (κ2) is 6.25. The number of carbonyl (C=O) groups is 1. The predicted octanol–water partition coefficient (Wildman–Crippen LogP) is 2.59. The highest BCUT2D eigenvalue weighted by Crippen LogP contribution is 2.31. The number of nitrogens with two attached hydrogens (primary N) is 1. The maximum Gasteiger partial charge on any atom is 0.417 e. The number of rotatable bonds is 3. The van der Waals surface area contributed by atoms with Crippen molar-refractivity contribution in [3.63, 3.8) is 0 Å². The standard InChI is InChI=1S/C12H15F3N2O.ClH/c1-11(2,16)7-17-10(18)8-5-3-4-6-9(8)12(13,14)15;/h3-6H,7,16H2,1-2H3,(H,17,18);1H. The summed E-state index contributed by atoms with van der Waals surface area (Å²) in [6.07, 6.45) is -4.55. The molecule has 0 fully saturated rings. The molecule has 19 heavy (non-hydrogen) atoms. The van der Waals surface area contributed by atoms with Gasteiger partial charge in [-0.2, -0.15) is 13.2 Å². The first-order chi connectivity index (χ1) is 8.11. The topological polar surface area (TPSA) is 55.1 Å². The van der Waals surface area contributed by atoms with E-state index in [1.54, 1.807) is 13.8 Å². The van der Waals surface area contributed by atoms with E-state index in [1.807, 2.05) is 0 Å². The van der Waals surface area contributed by atoms with Crippen LogP contribution in [0.2, 0.25) is 0 Å². The van der Waals surface area contributed by atoms with Crippen molar-refractivity contribution < 1.29 is 18.0 Å².